The molecule has 0 heterocycles. The summed E-state index contributed by atoms with van der Waals surface area (Å²) in [5.41, 5.74) is -0.378. The van der Waals surface area contributed by atoms with Gasteiger partial charge in [0.05, 0.1) is 0 Å². The molecule has 0 aliphatic rings. The Morgan fingerprint density at radius 3 is 2.50 bits per heavy atom. The molecule has 1 atom stereocenters. The predicted molar refractivity (Wildman–Crippen MR) is 44.9 cm³/mol. The van der Waals surface area contributed by atoms with Gasteiger partial charge in [-0.2, -0.15) is 0 Å². The second kappa shape index (κ2) is 9.82. The standard InChI is InChI=1S/C7H14O3P.Na.H/c1-3-4-5-6-10-11(9)7(2)8;;/h3-6H2,1-2H3;;/q2*+1;-1. The molecule has 3 nitrogen and oxygen atoms in total. The van der Waals surface area contributed by atoms with E-state index in [2.05, 4.69) is 6.92 Å². The van der Waals surface area contributed by atoms with Gasteiger partial charge in [-0.25, -0.2) is 4.79 Å². The Kier molecular flexibility index (Phi) is 12.4. The second-order valence-corrected chi connectivity index (χ2v) is 3.72. The van der Waals surface area contributed by atoms with Crippen molar-refractivity contribution in [1.82, 2.24) is 0 Å². The fourth-order valence-corrected chi connectivity index (χ4v) is 1.07. The van der Waals surface area contributed by atoms with Crippen molar-refractivity contribution in [3.05, 3.63) is 0 Å². The number of hydrogen-bond acceptors (Lipinski definition) is 3. The summed E-state index contributed by atoms with van der Waals surface area (Å²) in [6.45, 7) is 3.78. The average Bonchev–Trinajstić information content (AvgIpc) is 1.97. The van der Waals surface area contributed by atoms with Crippen LogP contribution >= 0.6 is 8.03 Å². The molecule has 0 aromatic rings. The van der Waals surface area contributed by atoms with E-state index >= 15 is 0 Å². The molecule has 0 bridgehead atoms. The summed E-state index contributed by atoms with van der Waals surface area (Å²) in [5.74, 6) is 0. The number of carbonyl (C=O) groups excluding carboxylic acids is 1. The fraction of sp³-hybridized carbons (Fsp3) is 0.857. The third-order valence-corrected chi connectivity index (χ3v) is 2.14. The van der Waals surface area contributed by atoms with E-state index in [0.717, 1.165) is 19.3 Å². The molecule has 5 heteroatoms. The van der Waals surface area contributed by atoms with Crippen molar-refractivity contribution in [2.75, 3.05) is 6.61 Å². The van der Waals surface area contributed by atoms with Crippen LogP contribution in [0.4, 0.5) is 0 Å². The van der Waals surface area contributed by atoms with Gasteiger partial charge >= 0.3 is 43.1 Å². The third kappa shape index (κ3) is 8.82. The van der Waals surface area contributed by atoms with Gasteiger partial charge in [0.25, 0.3) is 0 Å². The normalized spacial score (nSPS) is 10.3. The van der Waals surface area contributed by atoms with Gasteiger partial charge in [0.15, 0.2) is 0 Å². The van der Waals surface area contributed by atoms with E-state index in [4.69, 9.17) is 4.52 Å². The number of rotatable bonds is 6. The molecule has 0 saturated carbocycles. The number of unbranched alkanes of at least 4 members (excludes halogenated alkanes) is 2. The van der Waals surface area contributed by atoms with E-state index in [1.165, 1.54) is 6.92 Å². The smallest absolute Gasteiger partial charge is 1.00 e. The van der Waals surface area contributed by atoms with Crippen molar-refractivity contribution in [3.63, 3.8) is 0 Å². The van der Waals surface area contributed by atoms with Crippen LogP contribution in [0, 0.1) is 0 Å². The Bertz CT molecular complexity index is 155. The minimum atomic E-state index is -2.05. The zero-order valence-corrected chi connectivity index (χ0v) is 10.9. The van der Waals surface area contributed by atoms with Crippen molar-refractivity contribution in [2.24, 2.45) is 0 Å². The van der Waals surface area contributed by atoms with Crippen LogP contribution in [0.25, 0.3) is 0 Å². The Morgan fingerprint density at radius 1 is 1.50 bits per heavy atom. The first-order valence-electron chi connectivity index (χ1n) is 3.79. The number of carbonyl (C=O) groups is 1. The molecular weight excluding hydrogens is 186 g/mol. The summed E-state index contributed by atoms with van der Waals surface area (Å²) in [6, 6.07) is 0. The number of hydrogen-bond donors (Lipinski definition) is 0. The predicted octanol–water partition coefficient (Wildman–Crippen LogP) is -0.401. The van der Waals surface area contributed by atoms with Gasteiger partial charge < -0.3 is 1.43 Å². The van der Waals surface area contributed by atoms with Crippen LogP contribution < -0.4 is 29.6 Å². The molecule has 0 N–H and O–H groups in total. The summed E-state index contributed by atoms with van der Waals surface area (Å²) in [6.07, 6.45) is 3.03. The van der Waals surface area contributed by atoms with Gasteiger partial charge in [-0.1, -0.05) is 19.8 Å². The molecule has 0 spiro atoms. The minimum Gasteiger partial charge on any atom is -1.00 e. The topological polar surface area (TPSA) is 43.4 Å². The van der Waals surface area contributed by atoms with Gasteiger partial charge in [0.2, 0.25) is 0 Å². The Balaban J connectivity index is -0.000000500. The SMILES string of the molecule is CCCCCO[P+](=O)C(C)=O.[H-].[Na+]. The van der Waals surface area contributed by atoms with Gasteiger partial charge in [0.1, 0.15) is 6.61 Å². The summed E-state index contributed by atoms with van der Waals surface area (Å²) in [7, 11) is -2.05. The molecule has 0 aliphatic heterocycles. The van der Waals surface area contributed by atoms with Crippen molar-refractivity contribution >= 4 is 13.6 Å². The van der Waals surface area contributed by atoms with Crippen LogP contribution in [0.15, 0.2) is 0 Å². The maximum Gasteiger partial charge on any atom is 1.00 e. The Morgan fingerprint density at radius 2 is 2.08 bits per heavy atom. The molecule has 1 unspecified atom stereocenters. The van der Waals surface area contributed by atoms with Crippen molar-refractivity contribution in [3.8, 4) is 0 Å². The maximum absolute atomic E-state index is 10.7. The van der Waals surface area contributed by atoms with E-state index in [-0.39, 0.29) is 36.5 Å². The van der Waals surface area contributed by atoms with E-state index in [9.17, 15) is 9.36 Å². The van der Waals surface area contributed by atoms with Crippen LogP contribution in [0.1, 0.15) is 34.5 Å². The van der Waals surface area contributed by atoms with Gasteiger partial charge in [-0.3, -0.25) is 0 Å². The summed E-state index contributed by atoms with van der Waals surface area (Å²) < 4.78 is 15.4. The molecule has 0 aromatic carbocycles. The first kappa shape index (κ1) is 15.2. The summed E-state index contributed by atoms with van der Waals surface area (Å²) in [5, 5.41) is 0. The summed E-state index contributed by atoms with van der Waals surface area (Å²) >= 11 is 0. The van der Waals surface area contributed by atoms with E-state index < -0.39 is 8.03 Å². The largest absolute Gasteiger partial charge is 1.00 e. The molecule has 0 fully saturated rings. The van der Waals surface area contributed by atoms with Crippen molar-refractivity contribution in [2.45, 2.75) is 33.1 Å². The monoisotopic (exact) mass is 201 g/mol. The quantitative estimate of drug-likeness (QED) is 0.333. The van der Waals surface area contributed by atoms with Crippen molar-refractivity contribution in [1.29, 1.82) is 0 Å². The van der Waals surface area contributed by atoms with Gasteiger partial charge in [-0.05, 0) is 11.0 Å². The Labute approximate surface area is 97.9 Å². The second-order valence-electron chi connectivity index (χ2n) is 2.32. The van der Waals surface area contributed by atoms with E-state index in [1.54, 1.807) is 0 Å². The van der Waals surface area contributed by atoms with E-state index in [0.29, 0.717) is 6.61 Å². The first-order chi connectivity index (χ1) is 5.18. The Hall–Kier alpha value is 0.730. The molecule has 0 aromatic heterocycles. The van der Waals surface area contributed by atoms with Crippen LogP contribution in [-0.2, 0) is 13.9 Å². The molecule has 0 saturated heterocycles. The third-order valence-electron chi connectivity index (χ3n) is 1.21. The van der Waals surface area contributed by atoms with Crippen LogP contribution in [-0.4, -0.2) is 12.1 Å². The summed E-state index contributed by atoms with van der Waals surface area (Å²) in [4.78, 5) is 10.4. The van der Waals surface area contributed by atoms with Gasteiger partial charge in [0, 0.05) is 6.92 Å². The molecule has 66 valence electrons. The molecule has 0 rings (SSSR count). The van der Waals surface area contributed by atoms with Gasteiger partial charge in [-0.15, -0.1) is 4.52 Å². The van der Waals surface area contributed by atoms with E-state index in [1.807, 2.05) is 0 Å². The zero-order chi connectivity index (χ0) is 8.69. The molecule has 12 heavy (non-hydrogen) atoms. The molecule has 0 aliphatic carbocycles. The van der Waals surface area contributed by atoms with Crippen LogP contribution in [0.5, 0.6) is 0 Å². The van der Waals surface area contributed by atoms with Crippen LogP contribution in [0.2, 0.25) is 0 Å². The average molecular weight is 201 g/mol. The molecule has 0 amide bonds. The maximum atomic E-state index is 10.7. The van der Waals surface area contributed by atoms with Crippen molar-refractivity contribution < 1.29 is 44.9 Å². The fourth-order valence-electron chi connectivity index (χ4n) is 0.590. The van der Waals surface area contributed by atoms with Crippen LogP contribution in [0.3, 0.4) is 0 Å². The minimum absolute atomic E-state index is 0. The molecular formula is C7H15NaO3P+. The molecule has 0 radical (unpaired) electrons. The first-order valence-corrected chi connectivity index (χ1v) is 4.97. The zero-order valence-electron chi connectivity index (χ0n) is 9.00.